The summed E-state index contributed by atoms with van der Waals surface area (Å²) in [6.07, 6.45) is 1.69. The highest BCUT2D eigenvalue weighted by Gasteiger charge is 2.24. The molecule has 0 atom stereocenters. The van der Waals surface area contributed by atoms with Gasteiger partial charge in [0, 0.05) is 15.6 Å². The average molecular weight is 448 g/mol. The molecule has 3 aromatic rings. The van der Waals surface area contributed by atoms with Crippen molar-refractivity contribution in [1.82, 2.24) is 0 Å². The van der Waals surface area contributed by atoms with E-state index in [-0.39, 0.29) is 5.70 Å². The minimum atomic E-state index is -0.476. The Morgan fingerprint density at radius 2 is 1.83 bits per heavy atom. The van der Waals surface area contributed by atoms with Crippen LogP contribution in [0.1, 0.15) is 22.3 Å². The number of aliphatic imine (C=N–C) groups is 1. The van der Waals surface area contributed by atoms with Crippen LogP contribution < -0.4 is 4.74 Å². The fraction of sp³-hybridized carbons (Fsp3) is 0.0833. The van der Waals surface area contributed by atoms with Crippen LogP contribution in [0.5, 0.6) is 5.75 Å². The summed E-state index contributed by atoms with van der Waals surface area (Å²) < 4.78 is 12.3. The second kappa shape index (κ2) is 8.45. The smallest absolute Gasteiger partial charge is 0.363 e. The van der Waals surface area contributed by atoms with E-state index in [0.29, 0.717) is 18.3 Å². The predicted octanol–water partition coefficient (Wildman–Crippen LogP) is 5.68. The first-order valence-corrected chi connectivity index (χ1v) is 9.94. The predicted molar refractivity (Wildman–Crippen MR) is 117 cm³/mol. The number of halogens is 1. The van der Waals surface area contributed by atoms with Gasteiger partial charge in [-0.1, -0.05) is 64.0 Å². The van der Waals surface area contributed by atoms with Crippen molar-refractivity contribution in [1.29, 1.82) is 0 Å². The first-order valence-electron chi connectivity index (χ1n) is 9.14. The van der Waals surface area contributed by atoms with Gasteiger partial charge in [-0.25, -0.2) is 9.79 Å². The highest BCUT2D eigenvalue weighted by molar-refractivity contribution is 9.10. The van der Waals surface area contributed by atoms with Crippen molar-refractivity contribution in [3.8, 4) is 5.75 Å². The normalized spacial score (nSPS) is 14.6. The van der Waals surface area contributed by atoms with E-state index in [1.54, 1.807) is 6.08 Å². The topological polar surface area (TPSA) is 47.9 Å². The molecule has 5 heteroatoms. The van der Waals surface area contributed by atoms with Crippen molar-refractivity contribution in [3.63, 3.8) is 0 Å². The fourth-order valence-corrected chi connectivity index (χ4v) is 3.23. The van der Waals surface area contributed by atoms with Crippen LogP contribution in [0.25, 0.3) is 6.08 Å². The summed E-state index contributed by atoms with van der Waals surface area (Å²) in [6, 6.07) is 23.2. The van der Waals surface area contributed by atoms with E-state index in [9.17, 15) is 4.79 Å². The van der Waals surface area contributed by atoms with Crippen LogP contribution in [0.3, 0.4) is 0 Å². The number of ether oxygens (including phenoxy) is 2. The van der Waals surface area contributed by atoms with Crippen LogP contribution in [-0.4, -0.2) is 11.9 Å². The Bertz CT molecular complexity index is 1120. The molecule has 0 saturated heterocycles. The number of esters is 1. The lowest BCUT2D eigenvalue weighted by Crippen LogP contribution is -2.05. The minimum Gasteiger partial charge on any atom is -0.488 e. The SMILES string of the molecule is Cc1cccc(COc2ccccc2/C=C2\N=C(c3ccc(Br)cc3)OC2=O)c1. The summed E-state index contributed by atoms with van der Waals surface area (Å²) >= 11 is 3.39. The lowest BCUT2D eigenvalue weighted by atomic mass is 10.1. The van der Waals surface area contributed by atoms with Crippen LogP contribution in [0, 0.1) is 6.92 Å². The van der Waals surface area contributed by atoms with Crippen LogP contribution in [-0.2, 0) is 16.1 Å². The molecule has 0 spiro atoms. The van der Waals surface area contributed by atoms with Gasteiger partial charge in [0.05, 0.1) is 0 Å². The van der Waals surface area contributed by atoms with Gasteiger partial charge in [-0.3, -0.25) is 0 Å². The summed E-state index contributed by atoms with van der Waals surface area (Å²) in [5, 5.41) is 0. The van der Waals surface area contributed by atoms with Gasteiger partial charge >= 0.3 is 5.97 Å². The maximum atomic E-state index is 12.3. The quantitative estimate of drug-likeness (QED) is 0.373. The molecule has 0 saturated carbocycles. The minimum absolute atomic E-state index is 0.245. The number of hydrogen-bond acceptors (Lipinski definition) is 4. The van der Waals surface area contributed by atoms with Crippen molar-refractivity contribution >= 4 is 33.9 Å². The zero-order valence-electron chi connectivity index (χ0n) is 15.8. The largest absolute Gasteiger partial charge is 0.488 e. The summed E-state index contributed by atoms with van der Waals surface area (Å²) in [6.45, 7) is 2.49. The number of carbonyl (C=O) groups excluding carboxylic acids is 1. The zero-order valence-corrected chi connectivity index (χ0v) is 17.3. The maximum absolute atomic E-state index is 12.3. The Balaban J connectivity index is 1.57. The Hall–Kier alpha value is -3.18. The number of aryl methyl sites for hydroxylation is 1. The first-order chi connectivity index (χ1) is 14.1. The van der Waals surface area contributed by atoms with Crippen LogP contribution in [0.4, 0.5) is 0 Å². The molecular weight excluding hydrogens is 430 g/mol. The van der Waals surface area contributed by atoms with Gasteiger partial charge in [0.25, 0.3) is 0 Å². The second-order valence-electron chi connectivity index (χ2n) is 6.66. The van der Waals surface area contributed by atoms with E-state index in [4.69, 9.17) is 9.47 Å². The Kier molecular flexibility index (Phi) is 5.58. The van der Waals surface area contributed by atoms with Gasteiger partial charge in [-0.2, -0.15) is 0 Å². The van der Waals surface area contributed by atoms with Crippen LogP contribution in [0.15, 0.2) is 88.0 Å². The van der Waals surface area contributed by atoms with Crippen molar-refractivity contribution in [2.45, 2.75) is 13.5 Å². The third-order valence-corrected chi connectivity index (χ3v) is 4.93. The molecule has 1 aliphatic rings. The van der Waals surface area contributed by atoms with E-state index in [2.05, 4.69) is 40.0 Å². The molecule has 29 heavy (non-hydrogen) atoms. The van der Waals surface area contributed by atoms with E-state index in [0.717, 1.165) is 21.2 Å². The van der Waals surface area contributed by atoms with Crippen LogP contribution >= 0.6 is 15.9 Å². The van der Waals surface area contributed by atoms with Crippen molar-refractivity contribution in [2.75, 3.05) is 0 Å². The fourth-order valence-electron chi connectivity index (χ4n) is 2.97. The van der Waals surface area contributed by atoms with E-state index < -0.39 is 5.97 Å². The molecule has 1 heterocycles. The lowest BCUT2D eigenvalue weighted by Gasteiger charge is -2.09. The molecule has 0 radical (unpaired) electrons. The summed E-state index contributed by atoms with van der Waals surface area (Å²) in [7, 11) is 0. The molecule has 0 aromatic heterocycles. The second-order valence-corrected chi connectivity index (χ2v) is 7.57. The average Bonchev–Trinajstić information content (AvgIpc) is 3.08. The summed E-state index contributed by atoms with van der Waals surface area (Å²) in [4.78, 5) is 16.7. The molecule has 0 fully saturated rings. The molecule has 4 rings (SSSR count). The van der Waals surface area contributed by atoms with Gasteiger partial charge in [0.1, 0.15) is 12.4 Å². The molecule has 0 unspecified atom stereocenters. The number of nitrogens with zero attached hydrogens (tertiary/aromatic N) is 1. The van der Waals surface area contributed by atoms with Gasteiger partial charge in [0.15, 0.2) is 5.70 Å². The summed E-state index contributed by atoms with van der Waals surface area (Å²) in [5.41, 5.74) is 4.03. The maximum Gasteiger partial charge on any atom is 0.363 e. The molecule has 3 aromatic carbocycles. The number of cyclic esters (lactones) is 1. The van der Waals surface area contributed by atoms with E-state index in [1.165, 1.54) is 5.56 Å². The Labute approximate surface area is 177 Å². The van der Waals surface area contributed by atoms with Gasteiger partial charge < -0.3 is 9.47 Å². The highest BCUT2D eigenvalue weighted by Crippen LogP contribution is 2.26. The van der Waals surface area contributed by atoms with Gasteiger partial charge in [0.2, 0.25) is 5.90 Å². The number of para-hydroxylation sites is 1. The molecule has 0 amide bonds. The molecule has 0 N–H and O–H groups in total. The molecular formula is C24H18BrNO3. The van der Waals surface area contributed by atoms with Crippen molar-refractivity contribution in [3.05, 3.63) is 105 Å². The van der Waals surface area contributed by atoms with Crippen LogP contribution in [0.2, 0.25) is 0 Å². The monoisotopic (exact) mass is 447 g/mol. The van der Waals surface area contributed by atoms with E-state index in [1.807, 2.05) is 60.7 Å². The summed E-state index contributed by atoms with van der Waals surface area (Å²) in [5.74, 6) is 0.505. The van der Waals surface area contributed by atoms with E-state index >= 15 is 0 Å². The molecule has 144 valence electrons. The zero-order chi connectivity index (χ0) is 20.2. The molecule has 0 aliphatic carbocycles. The number of benzene rings is 3. The highest BCUT2D eigenvalue weighted by atomic mass is 79.9. The standard InChI is InChI=1S/C24H18BrNO3/c1-16-5-4-6-17(13-16)15-28-22-8-3-2-7-19(22)14-21-24(27)29-23(26-21)18-9-11-20(25)12-10-18/h2-14H,15H2,1H3/b21-14-. The molecule has 0 bridgehead atoms. The lowest BCUT2D eigenvalue weighted by molar-refractivity contribution is -0.129. The van der Waals surface area contributed by atoms with Crippen molar-refractivity contribution < 1.29 is 14.3 Å². The van der Waals surface area contributed by atoms with Crippen molar-refractivity contribution in [2.24, 2.45) is 4.99 Å². The van der Waals surface area contributed by atoms with Gasteiger partial charge in [-0.05, 0) is 48.9 Å². The number of hydrogen-bond donors (Lipinski definition) is 0. The Morgan fingerprint density at radius 3 is 2.62 bits per heavy atom. The van der Waals surface area contributed by atoms with Gasteiger partial charge in [-0.15, -0.1) is 0 Å². The number of carbonyl (C=O) groups is 1. The third-order valence-electron chi connectivity index (χ3n) is 4.40. The molecule has 4 nitrogen and oxygen atoms in total. The number of rotatable bonds is 5. The third kappa shape index (κ3) is 4.63. The molecule has 1 aliphatic heterocycles. The Morgan fingerprint density at radius 1 is 1.03 bits per heavy atom. The first kappa shape index (κ1) is 19.2.